The van der Waals surface area contributed by atoms with Crippen molar-refractivity contribution in [3.63, 3.8) is 0 Å². The van der Waals surface area contributed by atoms with Gasteiger partial charge in [-0.05, 0) is 61.0 Å². The smallest absolute Gasteiger partial charge is 0.0457 e. The van der Waals surface area contributed by atoms with Gasteiger partial charge in [-0.15, -0.1) is 0 Å². The lowest BCUT2D eigenvalue weighted by atomic mass is 9.82. The van der Waals surface area contributed by atoms with E-state index in [1.807, 2.05) is 6.20 Å². The molecule has 2 aromatic carbocycles. The van der Waals surface area contributed by atoms with Crippen LogP contribution in [0.5, 0.6) is 0 Å². The SMILES string of the molecule is CC(C)(C)c1ccc(C(C)(C)C)cc1.CC(C)(C)c1ccc(C(C)(C)C)cc1.CC(C)(C)c1ccc(C(C)(C)C)nc1. The van der Waals surface area contributed by atoms with Crippen molar-refractivity contribution >= 4 is 0 Å². The monoisotopic (exact) mass is 572 g/mol. The lowest BCUT2D eigenvalue weighted by Gasteiger charge is -2.23. The summed E-state index contributed by atoms with van der Waals surface area (Å²) >= 11 is 0. The van der Waals surface area contributed by atoms with Gasteiger partial charge in [0.15, 0.2) is 0 Å². The Hall–Kier alpha value is -2.41. The van der Waals surface area contributed by atoms with Gasteiger partial charge in [0.25, 0.3) is 0 Å². The van der Waals surface area contributed by atoms with Crippen LogP contribution in [0.15, 0.2) is 66.9 Å². The molecule has 1 nitrogen and oxygen atoms in total. The Morgan fingerprint density at radius 3 is 0.643 bits per heavy atom. The number of nitrogens with zero attached hydrogens (tertiary/aromatic N) is 1. The molecule has 0 amide bonds. The largest absolute Gasteiger partial charge is 0.260 e. The highest BCUT2D eigenvalue weighted by atomic mass is 14.7. The molecule has 0 unspecified atom stereocenters. The number of rotatable bonds is 0. The number of hydrogen-bond acceptors (Lipinski definition) is 1. The minimum atomic E-state index is 0.149. The third-order valence-corrected chi connectivity index (χ3v) is 7.63. The van der Waals surface area contributed by atoms with Gasteiger partial charge < -0.3 is 0 Å². The number of hydrogen-bond donors (Lipinski definition) is 0. The summed E-state index contributed by atoms with van der Waals surface area (Å²) in [7, 11) is 0. The second-order valence-electron chi connectivity index (χ2n) is 18.1. The molecular weight excluding hydrogens is 506 g/mol. The predicted octanol–water partition coefficient (Wildman–Crippen LogP) is 12.2. The van der Waals surface area contributed by atoms with Gasteiger partial charge in [0, 0.05) is 17.3 Å². The molecule has 42 heavy (non-hydrogen) atoms. The summed E-state index contributed by atoms with van der Waals surface area (Å²) in [6.07, 6.45) is 2.00. The lowest BCUT2D eigenvalue weighted by molar-refractivity contribution is 0.556. The molecule has 0 N–H and O–H groups in total. The van der Waals surface area contributed by atoms with Gasteiger partial charge in [0.05, 0.1) is 0 Å². The summed E-state index contributed by atoms with van der Waals surface area (Å²) in [6.45, 7) is 40.2. The third kappa shape index (κ3) is 12.4. The van der Waals surface area contributed by atoms with Gasteiger partial charge in [0.2, 0.25) is 0 Å². The van der Waals surface area contributed by atoms with Gasteiger partial charge in [-0.2, -0.15) is 0 Å². The Labute approximate surface area is 262 Å². The van der Waals surface area contributed by atoms with E-state index in [1.54, 1.807) is 0 Å². The van der Waals surface area contributed by atoms with Crippen molar-refractivity contribution in [3.05, 3.63) is 100 Å². The molecule has 0 fully saturated rings. The molecule has 1 aromatic heterocycles. The van der Waals surface area contributed by atoms with Crippen molar-refractivity contribution in [2.24, 2.45) is 0 Å². The minimum Gasteiger partial charge on any atom is -0.260 e. The van der Waals surface area contributed by atoms with Crippen molar-refractivity contribution in [1.82, 2.24) is 4.98 Å². The zero-order valence-corrected chi connectivity index (χ0v) is 30.8. The topological polar surface area (TPSA) is 12.9 Å². The van der Waals surface area contributed by atoms with Gasteiger partial charge in [-0.25, -0.2) is 0 Å². The van der Waals surface area contributed by atoms with Crippen LogP contribution in [0.3, 0.4) is 0 Å². The van der Waals surface area contributed by atoms with Crippen LogP contribution in [0.4, 0.5) is 0 Å². The summed E-state index contributed by atoms with van der Waals surface area (Å²) in [5.41, 5.74) is 9.47. The van der Waals surface area contributed by atoms with E-state index in [4.69, 9.17) is 0 Å². The molecule has 1 heterocycles. The zero-order valence-electron chi connectivity index (χ0n) is 30.8. The first kappa shape index (κ1) is 37.6. The molecule has 3 aromatic rings. The Morgan fingerprint density at radius 1 is 0.286 bits per heavy atom. The second kappa shape index (κ2) is 13.5. The minimum absolute atomic E-state index is 0.149. The van der Waals surface area contributed by atoms with E-state index in [0.717, 1.165) is 5.69 Å². The van der Waals surface area contributed by atoms with Gasteiger partial charge >= 0.3 is 0 Å². The lowest BCUT2D eigenvalue weighted by Crippen LogP contribution is -2.16. The Kier molecular flexibility index (Phi) is 12.1. The van der Waals surface area contributed by atoms with Crippen LogP contribution >= 0.6 is 0 Å². The maximum Gasteiger partial charge on any atom is 0.0457 e. The summed E-state index contributed by atoms with van der Waals surface area (Å²) in [5.74, 6) is 0. The van der Waals surface area contributed by atoms with E-state index in [2.05, 4.69) is 190 Å². The van der Waals surface area contributed by atoms with E-state index in [0.29, 0.717) is 0 Å². The van der Waals surface area contributed by atoms with Crippen LogP contribution in [0.1, 0.15) is 158 Å². The van der Waals surface area contributed by atoms with Crippen LogP contribution in [0.2, 0.25) is 0 Å². The molecule has 3 rings (SSSR count). The van der Waals surface area contributed by atoms with Crippen molar-refractivity contribution in [2.45, 2.75) is 157 Å². The molecule has 0 bridgehead atoms. The van der Waals surface area contributed by atoms with E-state index < -0.39 is 0 Å². The fraction of sp³-hybridized carbons (Fsp3) is 0.585. The molecule has 0 atom stereocenters. The highest BCUT2D eigenvalue weighted by Crippen LogP contribution is 2.28. The Bertz CT molecular complexity index is 939. The maximum atomic E-state index is 4.52. The summed E-state index contributed by atoms with van der Waals surface area (Å²) < 4.78 is 0. The first-order valence-corrected chi connectivity index (χ1v) is 15.8. The summed E-state index contributed by atoms with van der Waals surface area (Å²) in [6, 6.07) is 22.3. The van der Waals surface area contributed by atoms with Crippen LogP contribution in [0.25, 0.3) is 0 Å². The molecule has 0 spiro atoms. The average molecular weight is 572 g/mol. The van der Waals surface area contributed by atoms with Crippen molar-refractivity contribution in [2.75, 3.05) is 0 Å². The molecule has 234 valence electrons. The predicted molar refractivity (Wildman–Crippen MR) is 189 cm³/mol. The highest BCUT2D eigenvalue weighted by Gasteiger charge is 2.19. The molecule has 0 aliphatic heterocycles. The standard InChI is InChI=1S/2C14H22.C13H21N/c2*1-13(2,3)11-7-9-12(10-8-11)14(4,5)6;1-12(2,3)10-7-8-11(14-9-10)13(4,5)6/h2*7-10H,1-6H3;7-9H,1-6H3. The van der Waals surface area contributed by atoms with Gasteiger partial charge in [0.1, 0.15) is 0 Å². The van der Waals surface area contributed by atoms with Crippen molar-refractivity contribution in [1.29, 1.82) is 0 Å². The molecular formula is C41H65N. The first-order chi connectivity index (χ1) is 18.6. The summed E-state index contributed by atoms with van der Waals surface area (Å²) in [5, 5.41) is 0. The molecule has 0 aliphatic carbocycles. The number of benzene rings is 2. The van der Waals surface area contributed by atoms with E-state index in [-0.39, 0.29) is 32.5 Å². The Morgan fingerprint density at radius 2 is 0.500 bits per heavy atom. The van der Waals surface area contributed by atoms with Gasteiger partial charge in [-0.1, -0.05) is 179 Å². The van der Waals surface area contributed by atoms with E-state index in [9.17, 15) is 0 Å². The van der Waals surface area contributed by atoms with E-state index >= 15 is 0 Å². The molecule has 0 radical (unpaired) electrons. The molecule has 1 heteroatoms. The average Bonchev–Trinajstić information content (AvgIpc) is 2.82. The van der Waals surface area contributed by atoms with Crippen molar-refractivity contribution < 1.29 is 0 Å². The zero-order chi connectivity index (χ0) is 32.9. The number of pyridine rings is 1. The van der Waals surface area contributed by atoms with E-state index in [1.165, 1.54) is 27.8 Å². The quantitative estimate of drug-likeness (QED) is 0.261. The number of aromatic nitrogens is 1. The first-order valence-electron chi connectivity index (χ1n) is 15.8. The van der Waals surface area contributed by atoms with Crippen molar-refractivity contribution in [3.8, 4) is 0 Å². The summed E-state index contributed by atoms with van der Waals surface area (Å²) in [4.78, 5) is 4.52. The van der Waals surface area contributed by atoms with Crippen LogP contribution < -0.4 is 0 Å². The molecule has 0 saturated heterocycles. The highest BCUT2D eigenvalue weighted by molar-refractivity contribution is 5.32. The second-order valence-corrected chi connectivity index (χ2v) is 18.1. The third-order valence-electron chi connectivity index (χ3n) is 7.63. The fourth-order valence-electron chi connectivity index (χ4n) is 4.22. The van der Waals surface area contributed by atoms with Gasteiger partial charge in [-0.3, -0.25) is 4.98 Å². The normalized spacial score (nSPS) is 13.0. The fourth-order valence-corrected chi connectivity index (χ4v) is 4.22. The van der Waals surface area contributed by atoms with Crippen LogP contribution in [0, 0.1) is 0 Å². The van der Waals surface area contributed by atoms with Crippen LogP contribution in [-0.4, -0.2) is 4.98 Å². The van der Waals surface area contributed by atoms with Crippen LogP contribution in [-0.2, 0) is 32.5 Å². The Balaban J connectivity index is 0.000000315. The molecule has 0 aliphatic rings. The maximum absolute atomic E-state index is 4.52. The molecule has 0 saturated carbocycles.